The lowest BCUT2D eigenvalue weighted by molar-refractivity contribution is -0.138. The van der Waals surface area contributed by atoms with Crippen molar-refractivity contribution >= 4 is 41.3 Å². The van der Waals surface area contributed by atoms with Crippen LogP contribution in [0.2, 0.25) is 5.02 Å². The number of hydrogen-bond acceptors (Lipinski definition) is 7. The van der Waals surface area contributed by atoms with Gasteiger partial charge in [-0.15, -0.1) is 0 Å². The number of allylic oxidation sites excluding steroid dienone is 2. The molecule has 62 heavy (non-hydrogen) atoms. The molecule has 1 amide bonds. The lowest BCUT2D eigenvalue weighted by Crippen LogP contribution is -2.46. The highest BCUT2D eigenvalue weighted by molar-refractivity contribution is 6.34. The molecule has 1 aliphatic rings. The van der Waals surface area contributed by atoms with Gasteiger partial charge >= 0.3 is 12.4 Å². The number of hydrogen-bond donors (Lipinski definition) is 3. The lowest BCUT2D eigenvalue weighted by atomic mass is 9.93. The summed E-state index contributed by atoms with van der Waals surface area (Å²) in [6.07, 6.45) is -1.86. The molecule has 6 rings (SSSR count). The number of amides is 1. The second-order valence-corrected chi connectivity index (χ2v) is 15.4. The Morgan fingerprint density at radius 1 is 0.855 bits per heavy atom. The minimum absolute atomic E-state index is 0.00266. The molecule has 0 atom stereocenters. The molecule has 4 aromatic carbocycles. The van der Waals surface area contributed by atoms with Gasteiger partial charge in [0.25, 0.3) is 5.91 Å². The third-order valence-corrected chi connectivity index (χ3v) is 9.70. The molecular weight excluding hydrogens is 832 g/mol. The first-order valence-corrected chi connectivity index (χ1v) is 19.8. The monoisotopic (exact) mass is 877 g/mol. The molecule has 9 nitrogen and oxygen atoms in total. The van der Waals surface area contributed by atoms with E-state index in [1.807, 2.05) is 62.4 Å². The summed E-state index contributed by atoms with van der Waals surface area (Å²) in [5.74, 6) is 1.76. The molecule has 0 spiro atoms. The Bertz CT molecular complexity index is 2330. The van der Waals surface area contributed by atoms with E-state index in [0.29, 0.717) is 59.6 Å². The molecule has 0 saturated carbocycles. The summed E-state index contributed by atoms with van der Waals surface area (Å²) in [5.41, 5.74) is 5.98. The molecule has 0 fully saturated rings. The summed E-state index contributed by atoms with van der Waals surface area (Å²) in [7, 11) is 1.72. The van der Waals surface area contributed by atoms with Gasteiger partial charge in [0.15, 0.2) is 0 Å². The topological polar surface area (TPSA) is 105 Å². The fraction of sp³-hybridized carbons (Fsp3) is 0.261. The van der Waals surface area contributed by atoms with Gasteiger partial charge in [0.1, 0.15) is 17.2 Å². The zero-order chi connectivity index (χ0) is 45.1. The van der Waals surface area contributed by atoms with Gasteiger partial charge in [-0.3, -0.25) is 14.5 Å². The van der Waals surface area contributed by atoms with E-state index in [0.717, 1.165) is 47.0 Å². The van der Waals surface area contributed by atoms with Crippen LogP contribution in [0.15, 0.2) is 119 Å². The highest BCUT2D eigenvalue weighted by Crippen LogP contribution is 2.30. The van der Waals surface area contributed by atoms with Gasteiger partial charge in [-0.25, -0.2) is 5.43 Å². The van der Waals surface area contributed by atoms with Crippen molar-refractivity contribution in [1.29, 1.82) is 0 Å². The first-order chi connectivity index (χ1) is 29.3. The van der Waals surface area contributed by atoms with Gasteiger partial charge in [-0.1, -0.05) is 98.6 Å². The minimum Gasteiger partial charge on any atom is -0.457 e. The third kappa shape index (κ3) is 13.8. The van der Waals surface area contributed by atoms with Gasteiger partial charge in [-0.2, -0.15) is 36.5 Å². The smallest absolute Gasteiger partial charge is 0.416 e. The molecular formula is C46H46ClF6N7O2. The van der Waals surface area contributed by atoms with E-state index < -0.39 is 23.5 Å². The Labute approximate surface area is 361 Å². The molecule has 1 aromatic heterocycles. The van der Waals surface area contributed by atoms with Gasteiger partial charge in [0.2, 0.25) is 5.96 Å². The van der Waals surface area contributed by atoms with Crippen LogP contribution in [0.25, 0.3) is 12.2 Å². The van der Waals surface area contributed by atoms with Crippen molar-refractivity contribution in [2.75, 3.05) is 13.1 Å². The zero-order valence-corrected chi connectivity index (χ0v) is 35.4. The molecule has 0 bridgehead atoms. The number of nitrogens with one attached hydrogen (secondary N) is 3. The van der Waals surface area contributed by atoms with Crippen LogP contribution in [-0.4, -0.2) is 40.4 Å². The second kappa shape index (κ2) is 20.5. The van der Waals surface area contributed by atoms with Crippen molar-refractivity contribution in [1.82, 2.24) is 25.8 Å². The van der Waals surface area contributed by atoms with Gasteiger partial charge in [-0.05, 0) is 90.7 Å². The number of ether oxygens (including phenoxy) is 1. The molecule has 326 valence electrons. The average Bonchev–Trinajstić information content (AvgIpc) is 3.53. The number of guanidine groups is 1. The van der Waals surface area contributed by atoms with E-state index in [1.165, 1.54) is 34.5 Å². The quantitative estimate of drug-likeness (QED) is 0.0696. The van der Waals surface area contributed by atoms with E-state index in [1.54, 1.807) is 31.4 Å². The normalized spacial score (nSPS) is 13.8. The Morgan fingerprint density at radius 3 is 1.82 bits per heavy atom. The van der Waals surface area contributed by atoms with Crippen molar-refractivity contribution in [2.45, 2.75) is 53.0 Å². The third-order valence-electron chi connectivity index (χ3n) is 9.30. The van der Waals surface area contributed by atoms with Crippen LogP contribution in [0.4, 0.5) is 26.3 Å². The number of hydrazone groups is 1. The van der Waals surface area contributed by atoms with E-state index in [9.17, 15) is 31.1 Å². The zero-order valence-electron chi connectivity index (χ0n) is 34.6. The van der Waals surface area contributed by atoms with Crippen molar-refractivity contribution in [2.24, 2.45) is 22.6 Å². The van der Waals surface area contributed by atoms with Gasteiger partial charge in [0.05, 0.1) is 27.6 Å². The molecule has 0 unspecified atom stereocenters. The standard InChI is InChI=1S/C25H24F6N4.C21H22ClN3O2/c1-23(2)15-32-22(33-16-23)35-34-21(13-7-17-3-9-19(10-4-17)24(26,27)28)14-8-18-5-11-20(12-6-18)25(29,30)31;1-4-18-19(22)20(25(3)24-18)21(26)23-13-15-7-11-17(12-8-15)27-16-9-5-14(2)6-10-16/h3-14H,15-16H2,1-2H3,(H2,32,33,35);5-12H,4,13H2,1-3H3,(H,23,26)/b13-7+,14-8+;. The number of alkyl halides is 6. The van der Waals surface area contributed by atoms with Crippen LogP contribution in [0.3, 0.4) is 0 Å². The molecule has 0 aliphatic carbocycles. The number of aryl methyl sites for hydroxylation is 3. The highest BCUT2D eigenvalue weighted by atomic mass is 35.5. The number of halogens is 7. The Kier molecular flexibility index (Phi) is 15.4. The van der Waals surface area contributed by atoms with Crippen molar-refractivity contribution in [3.8, 4) is 11.5 Å². The Hall–Kier alpha value is -6.35. The maximum absolute atomic E-state index is 12.8. The largest absolute Gasteiger partial charge is 0.457 e. The van der Waals surface area contributed by atoms with E-state index in [2.05, 4.69) is 45.1 Å². The predicted molar refractivity (Wildman–Crippen MR) is 232 cm³/mol. The number of carbonyl (C=O) groups is 1. The molecule has 3 N–H and O–H groups in total. The number of nitrogens with zero attached hydrogens (tertiary/aromatic N) is 4. The second-order valence-electron chi connectivity index (χ2n) is 15.1. The number of rotatable bonds is 11. The number of benzene rings is 4. The predicted octanol–water partition coefficient (Wildman–Crippen LogP) is 11.0. The van der Waals surface area contributed by atoms with Gasteiger partial charge < -0.3 is 15.4 Å². The number of aromatic nitrogens is 2. The highest BCUT2D eigenvalue weighted by Gasteiger charge is 2.30. The van der Waals surface area contributed by atoms with Crippen LogP contribution >= 0.6 is 11.6 Å². The van der Waals surface area contributed by atoms with Gasteiger partial charge in [0, 0.05) is 32.1 Å². The fourth-order valence-corrected chi connectivity index (χ4v) is 6.07. The van der Waals surface area contributed by atoms with E-state index in [-0.39, 0.29) is 11.3 Å². The van der Waals surface area contributed by atoms with E-state index >= 15 is 0 Å². The van der Waals surface area contributed by atoms with Crippen LogP contribution in [0.5, 0.6) is 11.5 Å². The van der Waals surface area contributed by atoms with Crippen molar-refractivity contribution < 1.29 is 35.9 Å². The van der Waals surface area contributed by atoms with E-state index in [4.69, 9.17) is 16.3 Å². The Morgan fingerprint density at radius 2 is 1.37 bits per heavy atom. The summed E-state index contributed by atoms with van der Waals surface area (Å²) in [5, 5.41) is 15.0. The van der Waals surface area contributed by atoms with Crippen molar-refractivity contribution in [3.05, 3.63) is 159 Å². The first kappa shape index (κ1) is 46.7. The molecule has 2 heterocycles. The maximum Gasteiger partial charge on any atom is 0.416 e. The first-order valence-electron chi connectivity index (χ1n) is 19.5. The molecule has 0 radical (unpaired) electrons. The summed E-state index contributed by atoms with van der Waals surface area (Å²) in [6.45, 7) is 9.79. The molecule has 5 aromatic rings. The summed E-state index contributed by atoms with van der Waals surface area (Å²) in [4.78, 5) is 16.8. The fourth-order valence-electron chi connectivity index (χ4n) is 5.69. The van der Waals surface area contributed by atoms with Crippen molar-refractivity contribution in [3.63, 3.8) is 0 Å². The average molecular weight is 878 g/mol. The van der Waals surface area contributed by atoms with Crippen LogP contribution in [-0.2, 0) is 32.4 Å². The minimum atomic E-state index is -4.43. The molecule has 0 saturated heterocycles. The lowest BCUT2D eigenvalue weighted by Gasteiger charge is -2.28. The van der Waals surface area contributed by atoms with Crippen LogP contribution in [0.1, 0.15) is 70.3 Å². The Balaban J connectivity index is 0.000000242. The summed E-state index contributed by atoms with van der Waals surface area (Å²) >= 11 is 6.25. The molecule has 1 aliphatic heterocycles. The summed E-state index contributed by atoms with van der Waals surface area (Å²) in [6, 6.07) is 24.8. The SMILES string of the molecule is CC1(C)CN=C(NN=C(/C=C/c2ccc(C(F)(F)F)cc2)/C=C/c2ccc(C(F)(F)F)cc2)NC1.CCc1nn(C)c(C(=O)NCc2ccc(Oc3ccc(C)cc3)cc2)c1Cl. The number of aliphatic imine (C=N–C) groups is 1. The number of carbonyl (C=O) groups excluding carboxylic acids is 1. The van der Waals surface area contributed by atoms with Crippen LogP contribution in [0, 0.1) is 12.3 Å². The molecule has 16 heteroatoms. The van der Waals surface area contributed by atoms with Crippen LogP contribution < -0.4 is 20.8 Å². The summed E-state index contributed by atoms with van der Waals surface area (Å²) < 4.78 is 84.0. The maximum atomic E-state index is 12.8.